The largest absolute Gasteiger partial charge is 0.486 e. The third-order valence-electron chi connectivity index (χ3n) is 2.46. The van der Waals surface area contributed by atoms with Crippen LogP contribution in [0.15, 0.2) is 22.9 Å². The number of rotatable bonds is 2. The van der Waals surface area contributed by atoms with Crippen molar-refractivity contribution in [2.24, 2.45) is 0 Å². The van der Waals surface area contributed by atoms with E-state index in [-0.39, 0.29) is 5.60 Å². The van der Waals surface area contributed by atoms with Gasteiger partial charge in [-0.3, -0.25) is 4.98 Å². The van der Waals surface area contributed by atoms with E-state index in [0.717, 1.165) is 23.1 Å². The molecule has 2 rings (SSSR count). The standard InChI is InChI=1S/C10H12BrNO/c1-10(3-2-4-10)13-9-5-8(11)6-12-7-9/h5-7H,2-4H2,1H3. The Morgan fingerprint density at radius 1 is 1.46 bits per heavy atom. The van der Waals surface area contributed by atoms with Gasteiger partial charge in [-0.25, -0.2) is 0 Å². The van der Waals surface area contributed by atoms with Gasteiger partial charge in [-0.2, -0.15) is 0 Å². The molecular formula is C10H12BrNO. The lowest BCUT2D eigenvalue weighted by molar-refractivity contribution is 0.0109. The first kappa shape index (κ1) is 9.00. The quantitative estimate of drug-likeness (QED) is 0.794. The Morgan fingerprint density at radius 3 is 2.77 bits per heavy atom. The SMILES string of the molecule is CC1(Oc2cncc(Br)c2)CCC1. The molecular weight excluding hydrogens is 230 g/mol. The molecule has 0 aromatic carbocycles. The summed E-state index contributed by atoms with van der Waals surface area (Å²) in [6.07, 6.45) is 7.10. The summed E-state index contributed by atoms with van der Waals surface area (Å²) in [5, 5.41) is 0. The van der Waals surface area contributed by atoms with Crippen LogP contribution in [0.25, 0.3) is 0 Å². The van der Waals surface area contributed by atoms with Crippen LogP contribution in [-0.4, -0.2) is 10.6 Å². The van der Waals surface area contributed by atoms with Crippen LogP contribution in [0.3, 0.4) is 0 Å². The summed E-state index contributed by atoms with van der Waals surface area (Å²) in [5.74, 6) is 0.858. The maximum Gasteiger partial charge on any atom is 0.139 e. The monoisotopic (exact) mass is 241 g/mol. The third-order valence-corrected chi connectivity index (χ3v) is 2.89. The second kappa shape index (κ2) is 3.29. The average molecular weight is 242 g/mol. The molecule has 0 radical (unpaired) electrons. The molecule has 0 aliphatic heterocycles. The summed E-state index contributed by atoms with van der Waals surface area (Å²) in [4.78, 5) is 4.05. The van der Waals surface area contributed by atoms with E-state index in [1.165, 1.54) is 6.42 Å². The van der Waals surface area contributed by atoms with Crippen LogP contribution < -0.4 is 4.74 Å². The molecule has 2 nitrogen and oxygen atoms in total. The molecule has 1 aromatic heterocycles. The van der Waals surface area contributed by atoms with Gasteiger partial charge in [0.2, 0.25) is 0 Å². The zero-order valence-corrected chi connectivity index (χ0v) is 9.17. The predicted molar refractivity (Wildman–Crippen MR) is 54.8 cm³/mol. The van der Waals surface area contributed by atoms with Gasteiger partial charge in [0.15, 0.2) is 0 Å². The highest BCUT2D eigenvalue weighted by Crippen LogP contribution is 2.36. The summed E-state index contributed by atoms with van der Waals surface area (Å²) in [5.41, 5.74) is 0.0580. The van der Waals surface area contributed by atoms with Crippen molar-refractivity contribution in [3.63, 3.8) is 0 Å². The lowest BCUT2D eigenvalue weighted by atomic mass is 9.82. The van der Waals surface area contributed by atoms with Crippen molar-refractivity contribution in [2.45, 2.75) is 31.8 Å². The van der Waals surface area contributed by atoms with Crippen LogP contribution in [0.5, 0.6) is 5.75 Å². The molecule has 70 valence electrons. The molecule has 0 saturated heterocycles. The highest BCUT2D eigenvalue weighted by molar-refractivity contribution is 9.10. The molecule has 0 amide bonds. The predicted octanol–water partition coefficient (Wildman–Crippen LogP) is 3.17. The third kappa shape index (κ3) is 2.02. The zero-order chi connectivity index (χ0) is 9.31. The van der Waals surface area contributed by atoms with Gasteiger partial charge in [-0.15, -0.1) is 0 Å². The molecule has 0 unspecified atom stereocenters. The van der Waals surface area contributed by atoms with Gasteiger partial charge in [-0.05, 0) is 48.2 Å². The number of halogens is 1. The maximum atomic E-state index is 5.83. The molecule has 1 saturated carbocycles. The van der Waals surface area contributed by atoms with E-state index in [2.05, 4.69) is 27.8 Å². The summed E-state index contributed by atoms with van der Waals surface area (Å²) in [6.45, 7) is 2.15. The number of hydrogen-bond acceptors (Lipinski definition) is 2. The molecule has 0 N–H and O–H groups in total. The minimum absolute atomic E-state index is 0.0580. The van der Waals surface area contributed by atoms with E-state index in [4.69, 9.17) is 4.74 Å². The minimum Gasteiger partial charge on any atom is -0.486 e. The number of hydrogen-bond donors (Lipinski definition) is 0. The Kier molecular flexibility index (Phi) is 2.28. The second-order valence-electron chi connectivity index (χ2n) is 3.74. The van der Waals surface area contributed by atoms with Crippen LogP contribution in [0.1, 0.15) is 26.2 Å². The van der Waals surface area contributed by atoms with Gasteiger partial charge in [0, 0.05) is 10.7 Å². The first-order valence-electron chi connectivity index (χ1n) is 4.48. The Hall–Kier alpha value is -0.570. The first-order chi connectivity index (χ1) is 6.18. The number of ether oxygens (including phenoxy) is 1. The summed E-state index contributed by atoms with van der Waals surface area (Å²) < 4.78 is 6.79. The van der Waals surface area contributed by atoms with Gasteiger partial charge in [0.1, 0.15) is 11.4 Å². The normalized spacial score (nSPS) is 19.2. The summed E-state index contributed by atoms with van der Waals surface area (Å²) in [6, 6.07) is 1.95. The Balaban J connectivity index is 2.09. The van der Waals surface area contributed by atoms with Crippen LogP contribution in [0, 0.1) is 0 Å². The summed E-state index contributed by atoms with van der Waals surface area (Å²) >= 11 is 3.37. The van der Waals surface area contributed by atoms with Crippen molar-refractivity contribution in [3.8, 4) is 5.75 Å². The average Bonchev–Trinajstić information content (AvgIpc) is 2.01. The van der Waals surface area contributed by atoms with Gasteiger partial charge in [-0.1, -0.05) is 0 Å². The van der Waals surface area contributed by atoms with E-state index in [9.17, 15) is 0 Å². The van der Waals surface area contributed by atoms with Crippen molar-refractivity contribution in [3.05, 3.63) is 22.9 Å². The van der Waals surface area contributed by atoms with E-state index >= 15 is 0 Å². The van der Waals surface area contributed by atoms with Crippen molar-refractivity contribution in [1.29, 1.82) is 0 Å². The number of aromatic nitrogens is 1. The van der Waals surface area contributed by atoms with Crippen molar-refractivity contribution < 1.29 is 4.74 Å². The van der Waals surface area contributed by atoms with Gasteiger partial charge < -0.3 is 4.74 Å². The molecule has 0 spiro atoms. The fraction of sp³-hybridized carbons (Fsp3) is 0.500. The van der Waals surface area contributed by atoms with E-state index in [1.807, 2.05) is 6.07 Å². The van der Waals surface area contributed by atoms with Gasteiger partial charge >= 0.3 is 0 Å². The minimum atomic E-state index is 0.0580. The fourth-order valence-electron chi connectivity index (χ4n) is 1.51. The van der Waals surface area contributed by atoms with Crippen LogP contribution in [0.4, 0.5) is 0 Å². The fourth-order valence-corrected chi connectivity index (χ4v) is 1.85. The van der Waals surface area contributed by atoms with Crippen molar-refractivity contribution in [2.75, 3.05) is 0 Å². The molecule has 0 bridgehead atoms. The Bertz CT molecular complexity index is 310. The van der Waals surface area contributed by atoms with Crippen LogP contribution >= 0.6 is 15.9 Å². The van der Waals surface area contributed by atoms with Gasteiger partial charge in [0.25, 0.3) is 0 Å². The molecule has 0 atom stereocenters. The van der Waals surface area contributed by atoms with Gasteiger partial charge in [0.05, 0.1) is 6.20 Å². The Morgan fingerprint density at radius 2 is 2.23 bits per heavy atom. The topological polar surface area (TPSA) is 22.1 Å². The van der Waals surface area contributed by atoms with E-state index < -0.39 is 0 Å². The van der Waals surface area contributed by atoms with Crippen LogP contribution in [-0.2, 0) is 0 Å². The van der Waals surface area contributed by atoms with E-state index in [0.29, 0.717) is 0 Å². The Labute approximate surface area is 86.5 Å². The molecule has 3 heteroatoms. The second-order valence-corrected chi connectivity index (χ2v) is 4.66. The smallest absolute Gasteiger partial charge is 0.139 e. The highest BCUT2D eigenvalue weighted by Gasteiger charge is 2.33. The summed E-state index contributed by atoms with van der Waals surface area (Å²) in [7, 11) is 0. The zero-order valence-electron chi connectivity index (χ0n) is 7.59. The van der Waals surface area contributed by atoms with Crippen molar-refractivity contribution >= 4 is 15.9 Å². The lowest BCUT2D eigenvalue weighted by Gasteiger charge is -2.38. The highest BCUT2D eigenvalue weighted by atomic mass is 79.9. The molecule has 1 aliphatic carbocycles. The molecule has 1 heterocycles. The number of nitrogens with zero attached hydrogens (tertiary/aromatic N) is 1. The van der Waals surface area contributed by atoms with Crippen LogP contribution in [0.2, 0.25) is 0 Å². The number of pyridine rings is 1. The molecule has 1 aromatic rings. The van der Waals surface area contributed by atoms with E-state index in [1.54, 1.807) is 12.4 Å². The van der Waals surface area contributed by atoms with Crippen molar-refractivity contribution in [1.82, 2.24) is 4.98 Å². The molecule has 1 fully saturated rings. The molecule has 1 aliphatic rings. The lowest BCUT2D eigenvalue weighted by Crippen LogP contribution is -2.39. The first-order valence-corrected chi connectivity index (χ1v) is 5.27. The maximum absolute atomic E-state index is 5.83. The molecule has 13 heavy (non-hydrogen) atoms.